The lowest BCUT2D eigenvalue weighted by molar-refractivity contribution is 0.112. The molecule has 0 amide bonds. The maximum atomic E-state index is 10.1. The van der Waals surface area contributed by atoms with E-state index in [9.17, 15) is 5.11 Å². The fourth-order valence-corrected chi connectivity index (χ4v) is 2.12. The first kappa shape index (κ1) is 12.1. The Morgan fingerprint density at radius 3 is 2.41 bits per heavy atom. The topological polar surface area (TPSA) is 56.1 Å². The number of piperidine rings is 1. The lowest BCUT2D eigenvalue weighted by Gasteiger charge is -2.28. The van der Waals surface area contributed by atoms with Crippen molar-refractivity contribution in [2.45, 2.75) is 18.9 Å². The zero-order chi connectivity index (χ0) is 12.1. The molecule has 1 aromatic rings. The molecule has 1 aromatic carbocycles. The maximum absolute atomic E-state index is 10.1. The summed E-state index contributed by atoms with van der Waals surface area (Å²) in [5.41, 5.74) is 1.81. The molecule has 1 saturated heterocycles. The molecule has 0 aromatic heterocycles. The summed E-state index contributed by atoms with van der Waals surface area (Å²) in [6, 6.07) is 9.70. The molecule has 2 rings (SSSR count). The van der Waals surface area contributed by atoms with Gasteiger partial charge in [0.2, 0.25) is 0 Å². The summed E-state index contributed by atoms with van der Waals surface area (Å²) in [6.07, 6.45) is 1.14. The van der Waals surface area contributed by atoms with Crippen LogP contribution in [0.25, 0.3) is 0 Å². The number of oxime groups is 1. The fraction of sp³-hybridized carbons (Fsp3) is 0.462. The highest BCUT2D eigenvalue weighted by molar-refractivity contribution is 5.84. The number of rotatable bonds is 3. The van der Waals surface area contributed by atoms with Crippen molar-refractivity contribution in [1.29, 1.82) is 0 Å². The first-order chi connectivity index (χ1) is 8.29. The summed E-state index contributed by atoms with van der Waals surface area (Å²) in [6.45, 7) is 2.34. The van der Waals surface area contributed by atoms with Crippen LogP contribution in [0.15, 0.2) is 35.5 Å². The molecule has 1 aliphatic heterocycles. The van der Waals surface area contributed by atoms with Gasteiger partial charge < -0.3 is 10.3 Å². The highest BCUT2D eigenvalue weighted by atomic mass is 16.4. The highest BCUT2D eigenvalue weighted by Gasteiger charge is 2.18. The maximum Gasteiger partial charge on any atom is 0.0916 e. The van der Waals surface area contributed by atoms with Gasteiger partial charge in [0.25, 0.3) is 0 Å². The molecule has 92 valence electrons. The molecule has 0 aliphatic carbocycles. The molecule has 4 heteroatoms. The zero-order valence-electron chi connectivity index (χ0n) is 9.79. The number of hydrogen-bond acceptors (Lipinski definition) is 4. The van der Waals surface area contributed by atoms with E-state index in [0.717, 1.165) is 37.2 Å². The van der Waals surface area contributed by atoms with Gasteiger partial charge in [0.1, 0.15) is 0 Å². The predicted octanol–water partition coefficient (Wildman–Crippen LogP) is 1.65. The summed E-state index contributed by atoms with van der Waals surface area (Å²) in [4.78, 5) is 2.20. The van der Waals surface area contributed by atoms with E-state index in [-0.39, 0.29) is 0 Å². The van der Waals surface area contributed by atoms with E-state index in [1.54, 1.807) is 0 Å². The van der Waals surface area contributed by atoms with E-state index in [0.29, 0.717) is 6.54 Å². The van der Waals surface area contributed by atoms with Gasteiger partial charge in [0.15, 0.2) is 0 Å². The van der Waals surface area contributed by atoms with Crippen molar-refractivity contribution in [2.24, 2.45) is 5.16 Å². The minimum Gasteiger partial charge on any atom is -0.411 e. The Hall–Kier alpha value is -1.39. The minimum atomic E-state index is -0.441. The van der Waals surface area contributed by atoms with Crippen LogP contribution in [-0.2, 0) is 0 Å². The fourth-order valence-electron chi connectivity index (χ4n) is 2.12. The smallest absolute Gasteiger partial charge is 0.0916 e. The number of nitrogens with zero attached hydrogens (tertiary/aromatic N) is 2. The SMILES string of the molecule is ON=C1CCN(C[C@H](O)c2ccccc2)CC1. The Balaban J connectivity index is 1.86. The molecule has 0 bridgehead atoms. The number of hydrogen-bond donors (Lipinski definition) is 2. The third-order valence-electron chi connectivity index (χ3n) is 3.19. The van der Waals surface area contributed by atoms with Crippen LogP contribution >= 0.6 is 0 Å². The lowest BCUT2D eigenvalue weighted by atomic mass is 10.1. The van der Waals surface area contributed by atoms with Gasteiger partial charge in [0.05, 0.1) is 11.8 Å². The number of β-amino-alcohol motifs (C(OH)–C–C–N with tert-alkyl or cyclic N) is 1. The van der Waals surface area contributed by atoms with Gasteiger partial charge >= 0.3 is 0 Å². The van der Waals surface area contributed by atoms with Gasteiger partial charge in [-0.1, -0.05) is 35.5 Å². The molecular formula is C13H18N2O2. The van der Waals surface area contributed by atoms with Gasteiger partial charge in [-0.15, -0.1) is 0 Å². The predicted molar refractivity (Wildman–Crippen MR) is 66.3 cm³/mol. The minimum absolute atomic E-state index is 0.441. The van der Waals surface area contributed by atoms with Crippen LogP contribution in [-0.4, -0.2) is 40.6 Å². The Labute approximate surface area is 101 Å². The van der Waals surface area contributed by atoms with Gasteiger partial charge in [-0.2, -0.15) is 0 Å². The summed E-state index contributed by atoms with van der Waals surface area (Å²) in [7, 11) is 0. The Morgan fingerprint density at radius 1 is 1.18 bits per heavy atom. The van der Waals surface area contributed by atoms with Crippen molar-refractivity contribution in [3.8, 4) is 0 Å². The number of aliphatic hydroxyl groups excluding tert-OH is 1. The van der Waals surface area contributed by atoms with Gasteiger partial charge in [-0.25, -0.2) is 0 Å². The molecule has 0 unspecified atom stereocenters. The number of benzene rings is 1. The second-order valence-corrected chi connectivity index (χ2v) is 4.39. The zero-order valence-corrected chi connectivity index (χ0v) is 9.79. The van der Waals surface area contributed by atoms with E-state index in [4.69, 9.17) is 5.21 Å². The molecule has 17 heavy (non-hydrogen) atoms. The van der Waals surface area contributed by atoms with Crippen molar-refractivity contribution < 1.29 is 10.3 Å². The van der Waals surface area contributed by atoms with Crippen LogP contribution in [0.2, 0.25) is 0 Å². The first-order valence-corrected chi connectivity index (χ1v) is 5.95. The summed E-state index contributed by atoms with van der Waals surface area (Å²) in [5.74, 6) is 0. The average Bonchev–Trinajstić information content (AvgIpc) is 2.40. The van der Waals surface area contributed by atoms with Crippen LogP contribution in [0.3, 0.4) is 0 Å². The average molecular weight is 234 g/mol. The van der Waals surface area contributed by atoms with Crippen molar-refractivity contribution in [3.05, 3.63) is 35.9 Å². The van der Waals surface area contributed by atoms with Crippen molar-refractivity contribution in [3.63, 3.8) is 0 Å². The Kier molecular flexibility index (Phi) is 4.12. The van der Waals surface area contributed by atoms with E-state index in [2.05, 4.69) is 10.1 Å². The molecule has 4 nitrogen and oxygen atoms in total. The highest BCUT2D eigenvalue weighted by Crippen LogP contribution is 2.16. The summed E-state index contributed by atoms with van der Waals surface area (Å²) >= 11 is 0. The molecule has 0 saturated carbocycles. The number of aliphatic hydroxyl groups is 1. The largest absolute Gasteiger partial charge is 0.411 e. The number of likely N-dealkylation sites (tertiary alicyclic amines) is 1. The monoisotopic (exact) mass is 234 g/mol. The quantitative estimate of drug-likeness (QED) is 0.617. The molecule has 1 fully saturated rings. The van der Waals surface area contributed by atoms with Crippen LogP contribution < -0.4 is 0 Å². The second kappa shape index (κ2) is 5.80. The van der Waals surface area contributed by atoms with Crippen LogP contribution in [0.4, 0.5) is 0 Å². The van der Waals surface area contributed by atoms with E-state index >= 15 is 0 Å². The molecule has 0 spiro atoms. The molecular weight excluding hydrogens is 216 g/mol. The van der Waals surface area contributed by atoms with Gasteiger partial charge in [-0.3, -0.25) is 4.90 Å². The standard InChI is InChI=1S/C13H18N2O2/c16-13(11-4-2-1-3-5-11)10-15-8-6-12(14-17)7-9-15/h1-5,13,16-17H,6-10H2/t13-/m0/s1. The Bertz CT molecular complexity index is 368. The van der Waals surface area contributed by atoms with Gasteiger partial charge in [0, 0.05) is 32.5 Å². The van der Waals surface area contributed by atoms with Crippen molar-refractivity contribution in [2.75, 3.05) is 19.6 Å². The van der Waals surface area contributed by atoms with Crippen molar-refractivity contribution >= 4 is 5.71 Å². The molecule has 2 N–H and O–H groups in total. The molecule has 1 heterocycles. The molecule has 1 atom stereocenters. The summed E-state index contributed by atoms with van der Waals surface area (Å²) in [5, 5.41) is 22.0. The van der Waals surface area contributed by atoms with Crippen LogP contribution in [0.1, 0.15) is 24.5 Å². The van der Waals surface area contributed by atoms with E-state index < -0.39 is 6.10 Å². The van der Waals surface area contributed by atoms with Gasteiger partial charge in [-0.05, 0) is 5.56 Å². The Morgan fingerprint density at radius 2 is 1.82 bits per heavy atom. The first-order valence-electron chi connectivity index (χ1n) is 5.95. The third kappa shape index (κ3) is 3.28. The van der Waals surface area contributed by atoms with E-state index in [1.165, 1.54) is 0 Å². The van der Waals surface area contributed by atoms with Crippen molar-refractivity contribution in [1.82, 2.24) is 4.90 Å². The summed E-state index contributed by atoms with van der Waals surface area (Å²) < 4.78 is 0. The lowest BCUT2D eigenvalue weighted by Crippen LogP contribution is -2.36. The van der Waals surface area contributed by atoms with E-state index in [1.807, 2.05) is 30.3 Å². The molecule has 0 radical (unpaired) electrons. The normalized spacial score (nSPS) is 19.0. The van der Waals surface area contributed by atoms with Crippen LogP contribution in [0.5, 0.6) is 0 Å². The van der Waals surface area contributed by atoms with Crippen LogP contribution in [0, 0.1) is 0 Å². The third-order valence-corrected chi connectivity index (χ3v) is 3.19. The molecule has 1 aliphatic rings. The second-order valence-electron chi connectivity index (χ2n) is 4.39.